The number of aliphatic hydroxyl groups is 1. The summed E-state index contributed by atoms with van der Waals surface area (Å²) in [6.45, 7) is 2.82. The van der Waals surface area contributed by atoms with Crippen LogP contribution in [-0.4, -0.2) is 24.4 Å². The van der Waals surface area contributed by atoms with E-state index < -0.39 is 5.60 Å². The zero-order valence-electron chi connectivity index (χ0n) is 12.7. The molecule has 1 aromatic carbocycles. The Morgan fingerprint density at radius 1 is 1.15 bits per heavy atom. The van der Waals surface area contributed by atoms with Gasteiger partial charge in [-0.05, 0) is 37.5 Å². The molecule has 0 aliphatic heterocycles. The average molecular weight is 277 g/mol. The van der Waals surface area contributed by atoms with Crippen LogP contribution in [0.5, 0.6) is 5.75 Å². The Kier molecular flexibility index (Phi) is 5.44. The first kappa shape index (κ1) is 15.3. The van der Waals surface area contributed by atoms with E-state index in [0.29, 0.717) is 6.54 Å². The van der Waals surface area contributed by atoms with Crippen LogP contribution < -0.4 is 10.1 Å². The number of nitrogens with one attached hydrogen (secondary N) is 1. The quantitative estimate of drug-likeness (QED) is 0.810. The standard InChI is InChI=1S/C17H27NO2/c1-14(15-7-9-16(20-2)10-8-15)18-13-17(19)11-5-3-4-6-12-17/h7-10,14,18-19H,3-6,11-13H2,1-2H3/t14-/m1/s1. The highest BCUT2D eigenvalue weighted by Crippen LogP contribution is 2.27. The first-order valence-corrected chi connectivity index (χ1v) is 7.73. The Morgan fingerprint density at radius 2 is 1.75 bits per heavy atom. The highest BCUT2D eigenvalue weighted by Gasteiger charge is 2.28. The molecule has 1 fully saturated rings. The molecule has 0 bridgehead atoms. The third-order valence-electron chi connectivity index (χ3n) is 4.39. The van der Waals surface area contributed by atoms with E-state index in [2.05, 4.69) is 24.4 Å². The molecule has 3 heteroatoms. The van der Waals surface area contributed by atoms with Crippen molar-refractivity contribution >= 4 is 0 Å². The van der Waals surface area contributed by atoms with E-state index in [4.69, 9.17) is 4.74 Å². The van der Waals surface area contributed by atoms with Gasteiger partial charge in [0.1, 0.15) is 5.75 Å². The van der Waals surface area contributed by atoms with Crippen LogP contribution >= 0.6 is 0 Å². The second kappa shape index (κ2) is 7.09. The molecule has 0 spiro atoms. The van der Waals surface area contributed by atoms with Gasteiger partial charge in [0.05, 0.1) is 12.7 Å². The number of ether oxygens (including phenoxy) is 1. The monoisotopic (exact) mass is 277 g/mol. The van der Waals surface area contributed by atoms with Crippen molar-refractivity contribution in [2.75, 3.05) is 13.7 Å². The first-order chi connectivity index (χ1) is 9.63. The summed E-state index contributed by atoms with van der Waals surface area (Å²) in [5.74, 6) is 0.878. The lowest BCUT2D eigenvalue weighted by atomic mass is 9.94. The van der Waals surface area contributed by atoms with Crippen molar-refractivity contribution in [1.29, 1.82) is 0 Å². The van der Waals surface area contributed by atoms with Gasteiger partial charge in [0.2, 0.25) is 0 Å². The molecule has 0 radical (unpaired) electrons. The number of rotatable bonds is 5. The molecule has 2 rings (SSSR count). The molecule has 3 nitrogen and oxygen atoms in total. The van der Waals surface area contributed by atoms with Gasteiger partial charge in [0.25, 0.3) is 0 Å². The van der Waals surface area contributed by atoms with Crippen LogP contribution in [0, 0.1) is 0 Å². The minimum atomic E-state index is -0.517. The lowest BCUT2D eigenvalue weighted by molar-refractivity contribution is 0.0231. The highest BCUT2D eigenvalue weighted by molar-refractivity contribution is 5.28. The largest absolute Gasteiger partial charge is 0.497 e. The average Bonchev–Trinajstić information content (AvgIpc) is 2.70. The van der Waals surface area contributed by atoms with Crippen molar-refractivity contribution in [1.82, 2.24) is 5.32 Å². The second-order valence-corrected chi connectivity index (χ2v) is 6.01. The summed E-state index contributed by atoms with van der Waals surface area (Å²) in [6.07, 6.45) is 6.67. The van der Waals surface area contributed by atoms with Gasteiger partial charge in [-0.1, -0.05) is 37.8 Å². The number of methoxy groups -OCH3 is 1. The van der Waals surface area contributed by atoms with E-state index in [1.807, 2.05) is 12.1 Å². The van der Waals surface area contributed by atoms with Gasteiger partial charge >= 0.3 is 0 Å². The predicted molar refractivity (Wildman–Crippen MR) is 82.1 cm³/mol. The molecule has 0 aromatic heterocycles. The van der Waals surface area contributed by atoms with Crippen molar-refractivity contribution in [3.05, 3.63) is 29.8 Å². The predicted octanol–water partition coefficient (Wildman–Crippen LogP) is 3.43. The maximum atomic E-state index is 10.6. The van der Waals surface area contributed by atoms with Crippen molar-refractivity contribution in [2.24, 2.45) is 0 Å². The van der Waals surface area contributed by atoms with Crippen LogP contribution in [0.4, 0.5) is 0 Å². The molecule has 1 saturated carbocycles. The molecule has 1 atom stereocenters. The fourth-order valence-corrected chi connectivity index (χ4v) is 2.92. The summed E-state index contributed by atoms with van der Waals surface area (Å²) in [5.41, 5.74) is 0.708. The zero-order chi connectivity index (χ0) is 14.4. The lowest BCUT2D eigenvalue weighted by Gasteiger charge is -2.29. The van der Waals surface area contributed by atoms with E-state index in [1.165, 1.54) is 18.4 Å². The van der Waals surface area contributed by atoms with Gasteiger partial charge in [-0.15, -0.1) is 0 Å². The molecule has 0 saturated heterocycles. The molecule has 1 aliphatic carbocycles. The van der Waals surface area contributed by atoms with Gasteiger partial charge in [-0.3, -0.25) is 0 Å². The molecule has 0 unspecified atom stereocenters. The van der Waals surface area contributed by atoms with Crippen molar-refractivity contribution in [2.45, 2.75) is 57.1 Å². The Labute approximate surface area is 122 Å². The van der Waals surface area contributed by atoms with Crippen LogP contribution in [0.3, 0.4) is 0 Å². The third-order valence-corrected chi connectivity index (χ3v) is 4.39. The van der Waals surface area contributed by atoms with Gasteiger partial charge in [-0.2, -0.15) is 0 Å². The number of benzene rings is 1. The molecule has 0 amide bonds. The number of hydrogen-bond donors (Lipinski definition) is 2. The molecule has 112 valence electrons. The van der Waals surface area contributed by atoms with Crippen LogP contribution in [-0.2, 0) is 0 Å². The Bertz CT molecular complexity index is 394. The first-order valence-electron chi connectivity index (χ1n) is 7.73. The molecule has 2 N–H and O–H groups in total. The Balaban J connectivity index is 1.88. The van der Waals surface area contributed by atoms with Gasteiger partial charge in [0, 0.05) is 12.6 Å². The molecule has 1 aliphatic rings. The molecular formula is C17H27NO2. The maximum Gasteiger partial charge on any atom is 0.118 e. The van der Waals surface area contributed by atoms with Crippen LogP contribution in [0.15, 0.2) is 24.3 Å². The van der Waals surface area contributed by atoms with Crippen molar-refractivity contribution in [3.8, 4) is 5.75 Å². The summed E-state index contributed by atoms with van der Waals surface area (Å²) >= 11 is 0. The topological polar surface area (TPSA) is 41.5 Å². The Morgan fingerprint density at radius 3 is 2.30 bits per heavy atom. The maximum absolute atomic E-state index is 10.6. The Hall–Kier alpha value is -1.06. The van der Waals surface area contributed by atoms with E-state index in [0.717, 1.165) is 31.4 Å². The molecule has 0 heterocycles. The van der Waals surface area contributed by atoms with Crippen LogP contribution in [0.1, 0.15) is 57.1 Å². The SMILES string of the molecule is COc1ccc([C@@H](C)NCC2(O)CCCCCC2)cc1. The minimum Gasteiger partial charge on any atom is -0.497 e. The summed E-state index contributed by atoms with van der Waals surface area (Å²) in [4.78, 5) is 0. The van der Waals surface area contributed by atoms with E-state index in [-0.39, 0.29) is 6.04 Å². The molecule has 1 aromatic rings. The van der Waals surface area contributed by atoms with Crippen molar-refractivity contribution < 1.29 is 9.84 Å². The third kappa shape index (κ3) is 4.22. The summed E-state index contributed by atoms with van der Waals surface area (Å²) < 4.78 is 5.17. The molecule has 20 heavy (non-hydrogen) atoms. The fourth-order valence-electron chi connectivity index (χ4n) is 2.92. The smallest absolute Gasteiger partial charge is 0.118 e. The van der Waals surface area contributed by atoms with E-state index in [1.54, 1.807) is 7.11 Å². The van der Waals surface area contributed by atoms with E-state index in [9.17, 15) is 5.11 Å². The minimum absolute atomic E-state index is 0.244. The highest BCUT2D eigenvalue weighted by atomic mass is 16.5. The summed E-state index contributed by atoms with van der Waals surface area (Å²) in [5, 5.41) is 14.1. The zero-order valence-corrected chi connectivity index (χ0v) is 12.7. The second-order valence-electron chi connectivity index (χ2n) is 6.01. The van der Waals surface area contributed by atoms with Crippen LogP contribution in [0.2, 0.25) is 0 Å². The van der Waals surface area contributed by atoms with Crippen molar-refractivity contribution in [3.63, 3.8) is 0 Å². The lowest BCUT2D eigenvalue weighted by Crippen LogP contribution is -2.41. The normalized spacial score (nSPS) is 20.1. The van der Waals surface area contributed by atoms with Gasteiger partial charge in [0.15, 0.2) is 0 Å². The van der Waals surface area contributed by atoms with Gasteiger partial charge < -0.3 is 15.2 Å². The summed E-state index contributed by atoms with van der Waals surface area (Å²) in [7, 11) is 1.68. The fraction of sp³-hybridized carbons (Fsp3) is 0.647. The van der Waals surface area contributed by atoms with Crippen LogP contribution in [0.25, 0.3) is 0 Å². The summed E-state index contributed by atoms with van der Waals surface area (Å²) in [6, 6.07) is 8.36. The molecular weight excluding hydrogens is 250 g/mol. The number of hydrogen-bond acceptors (Lipinski definition) is 3. The van der Waals surface area contributed by atoms with Gasteiger partial charge in [-0.25, -0.2) is 0 Å². The van der Waals surface area contributed by atoms with E-state index >= 15 is 0 Å².